The van der Waals surface area contributed by atoms with Crippen molar-refractivity contribution < 1.29 is 18.7 Å². The monoisotopic (exact) mass is 473 g/mol. The number of amides is 1. The average Bonchev–Trinajstić information content (AvgIpc) is 3.20. The number of aromatic amines is 1. The maximum absolute atomic E-state index is 13.4. The van der Waals surface area contributed by atoms with Crippen LogP contribution < -0.4 is 5.56 Å². The van der Waals surface area contributed by atoms with Crippen LogP contribution in [0.4, 0.5) is 8.78 Å². The highest BCUT2D eigenvalue weighted by Gasteiger charge is 2.45. The Morgan fingerprint density at radius 2 is 1.94 bits per heavy atom. The van der Waals surface area contributed by atoms with E-state index in [9.17, 15) is 18.4 Å². The lowest BCUT2D eigenvalue weighted by molar-refractivity contribution is -0.114. The molecule has 1 aromatic carbocycles. The zero-order valence-electron chi connectivity index (χ0n) is 19.2. The number of pyridine rings is 1. The molecule has 3 heterocycles. The maximum atomic E-state index is 13.4. The van der Waals surface area contributed by atoms with Crippen molar-refractivity contribution in [3.05, 3.63) is 39.8 Å². The van der Waals surface area contributed by atoms with Gasteiger partial charge < -0.3 is 15.0 Å². The van der Waals surface area contributed by atoms with Gasteiger partial charge in [0.15, 0.2) is 0 Å². The third-order valence-corrected chi connectivity index (χ3v) is 7.08. The predicted octanol–water partition coefficient (Wildman–Crippen LogP) is 2.37. The van der Waals surface area contributed by atoms with Gasteiger partial charge in [-0.15, -0.1) is 0 Å². The molecule has 5 rings (SSSR count). The van der Waals surface area contributed by atoms with Crippen LogP contribution in [-0.4, -0.2) is 80.8 Å². The van der Waals surface area contributed by atoms with E-state index >= 15 is 0 Å². The fraction of sp³-hybridized carbons (Fsp3) is 0.542. The van der Waals surface area contributed by atoms with Crippen LogP contribution in [0.15, 0.2) is 23.1 Å². The smallest absolute Gasteiger partial charge is 0.259 e. The number of piperazine rings is 1. The molecule has 2 aromatic heterocycles. The number of rotatable bonds is 6. The van der Waals surface area contributed by atoms with E-state index in [1.807, 2.05) is 11.8 Å². The molecule has 2 fully saturated rings. The first-order valence-electron chi connectivity index (χ1n) is 11.8. The molecule has 2 aliphatic rings. The fourth-order valence-electron chi connectivity index (χ4n) is 5.20. The molecule has 0 spiro atoms. The van der Waals surface area contributed by atoms with Crippen LogP contribution >= 0.6 is 0 Å². The number of hydrogen-bond donors (Lipinski definition) is 2. The fourth-order valence-corrected chi connectivity index (χ4v) is 5.20. The zero-order valence-corrected chi connectivity index (χ0v) is 19.2. The summed E-state index contributed by atoms with van der Waals surface area (Å²) in [5.41, 5.74) is 2.22. The summed E-state index contributed by atoms with van der Waals surface area (Å²) in [5.74, 6) is -2.88. The summed E-state index contributed by atoms with van der Waals surface area (Å²) in [6, 6.07) is 3.60. The Labute approximate surface area is 195 Å². The number of aliphatic hydroxyl groups is 1. The van der Waals surface area contributed by atoms with Crippen LogP contribution in [0.5, 0.6) is 0 Å². The molecule has 0 atom stereocenters. The second-order valence-corrected chi connectivity index (χ2v) is 9.60. The Kier molecular flexibility index (Phi) is 5.89. The number of carbonyl (C=O) groups excluding carboxylic acids is 1. The van der Waals surface area contributed by atoms with Gasteiger partial charge in [-0.05, 0) is 37.0 Å². The van der Waals surface area contributed by atoms with Gasteiger partial charge in [0.05, 0.1) is 22.6 Å². The first kappa shape index (κ1) is 22.9. The number of aromatic nitrogens is 3. The van der Waals surface area contributed by atoms with E-state index in [2.05, 4.69) is 15.0 Å². The number of halogens is 2. The SMILES string of the molecule is Cc1cc2[nH]c(=O)c3cnn(CC4CC(F)(F)C4)c3c2cc1C(=O)N1CCN(CCCO)CC1. The van der Waals surface area contributed by atoms with Gasteiger partial charge in [0.1, 0.15) is 0 Å². The standard InChI is InChI=1S/C24H29F2N5O3/c1-15-9-20-18(10-17(15)23(34)30-6-4-29(5-7-30)3-2-8-32)21-19(22(33)28-20)13-27-31(21)14-16-11-24(25,26)12-16/h9-10,13,16,32H,2-8,11-12,14H2,1H3,(H,28,33). The van der Waals surface area contributed by atoms with Crippen molar-refractivity contribution in [2.24, 2.45) is 5.92 Å². The molecule has 1 saturated carbocycles. The molecule has 2 N–H and O–H groups in total. The highest BCUT2D eigenvalue weighted by Crippen LogP contribution is 2.43. The number of fused-ring (bicyclic) bond motifs is 3. The van der Waals surface area contributed by atoms with Crippen LogP contribution in [0, 0.1) is 12.8 Å². The number of nitrogens with one attached hydrogen (secondary N) is 1. The Hall–Kier alpha value is -2.85. The van der Waals surface area contributed by atoms with Gasteiger partial charge in [0.25, 0.3) is 11.5 Å². The lowest BCUT2D eigenvalue weighted by Gasteiger charge is -2.35. The van der Waals surface area contributed by atoms with Crippen molar-refractivity contribution in [2.75, 3.05) is 39.3 Å². The van der Waals surface area contributed by atoms with Gasteiger partial charge in [-0.25, -0.2) is 8.78 Å². The summed E-state index contributed by atoms with van der Waals surface area (Å²) < 4.78 is 28.3. The van der Waals surface area contributed by atoms with Crippen LogP contribution in [0.2, 0.25) is 0 Å². The van der Waals surface area contributed by atoms with E-state index in [-0.39, 0.29) is 36.8 Å². The molecule has 1 aliphatic heterocycles. The number of alkyl halides is 2. The van der Waals surface area contributed by atoms with Gasteiger partial charge >= 0.3 is 0 Å². The summed E-state index contributed by atoms with van der Waals surface area (Å²) >= 11 is 0. The second kappa shape index (κ2) is 8.74. The molecule has 0 bridgehead atoms. The average molecular weight is 474 g/mol. The van der Waals surface area contributed by atoms with Crippen LogP contribution in [-0.2, 0) is 6.54 Å². The number of benzene rings is 1. The third kappa shape index (κ3) is 4.20. The van der Waals surface area contributed by atoms with Crippen LogP contribution in [0.25, 0.3) is 21.8 Å². The summed E-state index contributed by atoms with van der Waals surface area (Å²) in [4.78, 5) is 33.0. The molecular weight excluding hydrogens is 444 g/mol. The topological polar surface area (TPSA) is 94.5 Å². The van der Waals surface area contributed by atoms with Crippen molar-refractivity contribution in [1.29, 1.82) is 0 Å². The Balaban J connectivity index is 1.47. The van der Waals surface area contributed by atoms with Gasteiger partial charge in [-0.2, -0.15) is 5.10 Å². The summed E-state index contributed by atoms with van der Waals surface area (Å²) in [6.07, 6.45) is 1.83. The molecule has 1 aliphatic carbocycles. The largest absolute Gasteiger partial charge is 0.396 e. The number of H-pyrrole nitrogens is 1. The summed E-state index contributed by atoms with van der Waals surface area (Å²) in [6.45, 7) is 5.86. The summed E-state index contributed by atoms with van der Waals surface area (Å²) in [7, 11) is 0. The molecule has 0 unspecified atom stereocenters. The van der Waals surface area contributed by atoms with Gasteiger partial charge in [0.2, 0.25) is 5.92 Å². The lowest BCUT2D eigenvalue weighted by atomic mass is 9.81. The molecule has 8 nitrogen and oxygen atoms in total. The number of aliphatic hydroxyl groups excluding tert-OH is 1. The molecular formula is C24H29F2N5O3. The number of hydrogen-bond acceptors (Lipinski definition) is 5. The minimum absolute atomic E-state index is 0.0646. The first-order chi connectivity index (χ1) is 16.3. The maximum Gasteiger partial charge on any atom is 0.259 e. The van der Waals surface area contributed by atoms with Gasteiger partial charge in [-0.3, -0.25) is 19.2 Å². The van der Waals surface area contributed by atoms with Crippen molar-refractivity contribution in [3.63, 3.8) is 0 Å². The lowest BCUT2D eigenvalue weighted by Crippen LogP contribution is -2.49. The Morgan fingerprint density at radius 1 is 1.21 bits per heavy atom. The van der Waals surface area contributed by atoms with Crippen LogP contribution in [0.3, 0.4) is 0 Å². The number of carbonyl (C=O) groups is 1. The van der Waals surface area contributed by atoms with E-state index in [0.29, 0.717) is 47.0 Å². The van der Waals surface area contributed by atoms with Gasteiger partial charge in [-0.1, -0.05) is 0 Å². The second-order valence-electron chi connectivity index (χ2n) is 9.60. The molecule has 34 heavy (non-hydrogen) atoms. The van der Waals surface area contributed by atoms with E-state index in [4.69, 9.17) is 5.11 Å². The molecule has 3 aromatic rings. The Bertz CT molecular complexity index is 1290. The number of aryl methyl sites for hydroxylation is 1. The van der Waals surface area contributed by atoms with Crippen molar-refractivity contribution in [2.45, 2.75) is 38.7 Å². The van der Waals surface area contributed by atoms with Crippen LogP contribution in [0.1, 0.15) is 35.2 Å². The third-order valence-electron chi connectivity index (χ3n) is 7.08. The van der Waals surface area contributed by atoms with Crippen molar-refractivity contribution in [1.82, 2.24) is 24.6 Å². The molecule has 182 valence electrons. The van der Waals surface area contributed by atoms with E-state index < -0.39 is 5.92 Å². The molecule has 0 radical (unpaired) electrons. The quantitative estimate of drug-likeness (QED) is 0.573. The minimum atomic E-state index is -2.62. The van der Waals surface area contributed by atoms with Crippen molar-refractivity contribution in [3.8, 4) is 0 Å². The van der Waals surface area contributed by atoms with E-state index in [1.54, 1.807) is 16.8 Å². The summed E-state index contributed by atoms with van der Waals surface area (Å²) in [5, 5.41) is 14.4. The van der Waals surface area contributed by atoms with E-state index in [1.165, 1.54) is 6.20 Å². The predicted molar refractivity (Wildman–Crippen MR) is 124 cm³/mol. The number of nitrogens with zero attached hydrogens (tertiary/aromatic N) is 4. The normalized spacial score (nSPS) is 19.1. The Morgan fingerprint density at radius 3 is 2.62 bits per heavy atom. The molecule has 10 heteroatoms. The molecule has 1 amide bonds. The zero-order chi connectivity index (χ0) is 24.0. The minimum Gasteiger partial charge on any atom is -0.396 e. The van der Waals surface area contributed by atoms with E-state index in [0.717, 1.165) is 31.6 Å². The highest BCUT2D eigenvalue weighted by atomic mass is 19.3. The van der Waals surface area contributed by atoms with Crippen molar-refractivity contribution >= 4 is 27.7 Å². The first-order valence-corrected chi connectivity index (χ1v) is 11.8. The highest BCUT2D eigenvalue weighted by molar-refractivity contribution is 6.07. The molecule has 1 saturated heterocycles. The van der Waals surface area contributed by atoms with Gasteiger partial charge in [0, 0.05) is 69.7 Å².